The number of benzene rings is 1. The van der Waals surface area contributed by atoms with Gasteiger partial charge in [0.25, 0.3) is 0 Å². The lowest BCUT2D eigenvalue weighted by molar-refractivity contribution is -0.143. The number of likely N-dealkylation sites (tertiary alicyclic amines) is 2. The Balaban J connectivity index is 1.40. The lowest BCUT2D eigenvalue weighted by atomic mass is 9.96. The lowest BCUT2D eigenvalue weighted by Crippen LogP contribution is -2.44. The Bertz CT molecular complexity index is 608. The molecule has 27 heavy (non-hydrogen) atoms. The number of carbonyl (C=O) groups excluding carboxylic acids is 1. The Morgan fingerprint density at radius 3 is 2.59 bits per heavy atom. The molecule has 1 amide bonds. The summed E-state index contributed by atoms with van der Waals surface area (Å²) in [5, 5.41) is 2.99. The van der Waals surface area contributed by atoms with E-state index >= 15 is 0 Å². The molecule has 0 radical (unpaired) electrons. The van der Waals surface area contributed by atoms with E-state index in [-0.39, 0.29) is 17.7 Å². The molecular weight excluding hydrogens is 355 g/mol. The summed E-state index contributed by atoms with van der Waals surface area (Å²) in [5.74, 6) is 0.123. The third-order valence-electron chi connectivity index (χ3n) is 5.46. The molecule has 1 N–H and O–H groups in total. The van der Waals surface area contributed by atoms with Crippen LogP contribution in [0.3, 0.4) is 0 Å². The highest BCUT2D eigenvalue weighted by atomic mass is 19.4. The predicted octanol–water partition coefficient (Wildman–Crippen LogP) is 2.90. The Hall–Kier alpha value is -1.60. The van der Waals surface area contributed by atoms with Gasteiger partial charge in [-0.05, 0) is 43.8 Å². The van der Waals surface area contributed by atoms with Crippen molar-refractivity contribution in [3.8, 4) is 0 Å². The van der Waals surface area contributed by atoms with Crippen LogP contribution in [0.5, 0.6) is 0 Å². The van der Waals surface area contributed by atoms with Gasteiger partial charge in [-0.3, -0.25) is 14.6 Å². The summed E-state index contributed by atoms with van der Waals surface area (Å²) < 4.78 is 37.4. The maximum Gasteiger partial charge on any atom is 0.401 e. The molecule has 2 saturated heterocycles. The summed E-state index contributed by atoms with van der Waals surface area (Å²) in [6.45, 7) is 3.06. The zero-order valence-corrected chi connectivity index (χ0v) is 15.5. The molecule has 1 aromatic carbocycles. The van der Waals surface area contributed by atoms with Crippen molar-refractivity contribution in [2.75, 3.05) is 39.3 Å². The van der Waals surface area contributed by atoms with Crippen LogP contribution in [0.4, 0.5) is 13.2 Å². The molecule has 2 unspecified atom stereocenters. The van der Waals surface area contributed by atoms with Gasteiger partial charge in [0, 0.05) is 26.2 Å². The van der Waals surface area contributed by atoms with E-state index in [1.54, 1.807) is 0 Å². The van der Waals surface area contributed by atoms with Gasteiger partial charge in [-0.15, -0.1) is 0 Å². The molecular formula is C20H28F3N3O. The Labute approximate surface area is 158 Å². The highest BCUT2D eigenvalue weighted by molar-refractivity contribution is 5.79. The van der Waals surface area contributed by atoms with Gasteiger partial charge >= 0.3 is 6.18 Å². The number of halogens is 3. The molecule has 3 rings (SSSR count). The fraction of sp³-hybridized carbons (Fsp3) is 0.650. The maximum absolute atomic E-state index is 12.5. The number of hydrogen-bond acceptors (Lipinski definition) is 3. The van der Waals surface area contributed by atoms with Gasteiger partial charge in [-0.2, -0.15) is 13.2 Å². The highest BCUT2D eigenvalue weighted by Gasteiger charge is 2.34. The van der Waals surface area contributed by atoms with Crippen LogP contribution in [-0.2, 0) is 11.3 Å². The fourth-order valence-electron chi connectivity index (χ4n) is 4.12. The predicted molar refractivity (Wildman–Crippen MR) is 98.1 cm³/mol. The molecule has 150 valence electrons. The molecule has 0 aliphatic carbocycles. The van der Waals surface area contributed by atoms with Crippen molar-refractivity contribution in [2.24, 2.45) is 11.8 Å². The highest BCUT2D eigenvalue weighted by Crippen LogP contribution is 2.23. The van der Waals surface area contributed by atoms with Gasteiger partial charge in [0.05, 0.1) is 12.5 Å². The van der Waals surface area contributed by atoms with Crippen LogP contribution in [0, 0.1) is 11.8 Å². The number of amides is 1. The second kappa shape index (κ2) is 9.06. The SMILES string of the molecule is O=C(NCC1CCN(CC(F)(F)F)C1)C1CCCN(Cc2ccccc2)C1. The average molecular weight is 383 g/mol. The first-order valence-corrected chi connectivity index (χ1v) is 9.72. The molecule has 2 fully saturated rings. The van der Waals surface area contributed by atoms with E-state index in [4.69, 9.17) is 0 Å². The first kappa shape index (κ1) is 20.1. The quantitative estimate of drug-likeness (QED) is 0.821. The zero-order valence-electron chi connectivity index (χ0n) is 15.5. The molecule has 0 spiro atoms. The molecule has 0 saturated carbocycles. The van der Waals surface area contributed by atoms with Crippen molar-refractivity contribution in [2.45, 2.75) is 32.0 Å². The number of nitrogens with one attached hydrogen (secondary N) is 1. The minimum Gasteiger partial charge on any atom is -0.355 e. The van der Waals surface area contributed by atoms with E-state index in [0.29, 0.717) is 26.1 Å². The summed E-state index contributed by atoms with van der Waals surface area (Å²) >= 11 is 0. The van der Waals surface area contributed by atoms with Crippen molar-refractivity contribution in [3.05, 3.63) is 35.9 Å². The van der Waals surface area contributed by atoms with Crippen LogP contribution in [0.15, 0.2) is 30.3 Å². The van der Waals surface area contributed by atoms with E-state index < -0.39 is 12.7 Å². The molecule has 2 aliphatic heterocycles. The van der Waals surface area contributed by atoms with Gasteiger partial charge in [0.2, 0.25) is 5.91 Å². The molecule has 4 nitrogen and oxygen atoms in total. The standard InChI is InChI=1S/C20H28F3N3O/c21-20(22,23)15-26-10-8-17(13-26)11-24-19(27)18-7-4-9-25(14-18)12-16-5-2-1-3-6-16/h1-3,5-6,17-18H,4,7-15H2,(H,24,27). The van der Waals surface area contributed by atoms with Crippen LogP contribution in [0.25, 0.3) is 0 Å². The first-order chi connectivity index (χ1) is 12.9. The first-order valence-electron chi connectivity index (χ1n) is 9.72. The summed E-state index contributed by atoms with van der Waals surface area (Å²) in [6.07, 6.45) is -1.57. The van der Waals surface area contributed by atoms with Crippen molar-refractivity contribution < 1.29 is 18.0 Å². The molecule has 1 aromatic rings. The summed E-state index contributed by atoms with van der Waals surface area (Å²) in [5.41, 5.74) is 1.24. The Morgan fingerprint density at radius 2 is 1.85 bits per heavy atom. The lowest BCUT2D eigenvalue weighted by Gasteiger charge is -2.32. The van der Waals surface area contributed by atoms with Gasteiger partial charge < -0.3 is 5.32 Å². The minimum atomic E-state index is -4.15. The van der Waals surface area contributed by atoms with E-state index in [0.717, 1.165) is 32.5 Å². The van der Waals surface area contributed by atoms with Gasteiger partial charge in [0.15, 0.2) is 0 Å². The van der Waals surface area contributed by atoms with Gasteiger partial charge in [-0.1, -0.05) is 30.3 Å². The van der Waals surface area contributed by atoms with Gasteiger partial charge in [0.1, 0.15) is 0 Å². The normalized spacial score (nSPS) is 24.9. The summed E-state index contributed by atoms with van der Waals surface area (Å²) in [7, 11) is 0. The molecule has 0 aromatic heterocycles. The molecule has 2 heterocycles. The van der Waals surface area contributed by atoms with E-state index in [9.17, 15) is 18.0 Å². The molecule has 2 atom stereocenters. The third-order valence-corrected chi connectivity index (χ3v) is 5.46. The number of nitrogens with zero attached hydrogens (tertiary/aromatic N) is 2. The topological polar surface area (TPSA) is 35.6 Å². The van der Waals surface area contributed by atoms with Crippen molar-refractivity contribution in [1.29, 1.82) is 0 Å². The largest absolute Gasteiger partial charge is 0.401 e. The van der Waals surface area contributed by atoms with Crippen LogP contribution >= 0.6 is 0 Å². The second-order valence-corrected chi connectivity index (χ2v) is 7.81. The second-order valence-electron chi connectivity index (χ2n) is 7.81. The van der Waals surface area contributed by atoms with E-state index in [2.05, 4.69) is 22.3 Å². The monoisotopic (exact) mass is 383 g/mol. The Morgan fingerprint density at radius 1 is 1.07 bits per heavy atom. The summed E-state index contributed by atoms with van der Waals surface area (Å²) in [4.78, 5) is 16.3. The van der Waals surface area contributed by atoms with Crippen LogP contribution < -0.4 is 5.32 Å². The molecule has 2 aliphatic rings. The Kier molecular flexibility index (Phi) is 6.76. The minimum absolute atomic E-state index is 0.0323. The number of hydrogen-bond donors (Lipinski definition) is 1. The van der Waals surface area contributed by atoms with Crippen molar-refractivity contribution in [1.82, 2.24) is 15.1 Å². The van der Waals surface area contributed by atoms with Crippen LogP contribution in [0.1, 0.15) is 24.8 Å². The number of rotatable bonds is 6. The molecule has 7 heteroatoms. The number of piperidine rings is 1. The summed E-state index contributed by atoms with van der Waals surface area (Å²) in [6, 6.07) is 10.2. The molecule has 0 bridgehead atoms. The fourth-order valence-corrected chi connectivity index (χ4v) is 4.12. The van der Waals surface area contributed by atoms with Crippen LogP contribution in [-0.4, -0.2) is 61.2 Å². The van der Waals surface area contributed by atoms with Crippen LogP contribution in [0.2, 0.25) is 0 Å². The number of carbonyl (C=O) groups is 1. The third kappa shape index (κ3) is 6.50. The van der Waals surface area contributed by atoms with Crippen molar-refractivity contribution >= 4 is 5.91 Å². The van der Waals surface area contributed by atoms with Crippen molar-refractivity contribution in [3.63, 3.8) is 0 Å². The smallest absolute Gasteiger partial charge is 0.355 e. The van der Waals surface area contributed by atoms with E-state index in [1.807, 2.05) is 18.2 Å². The maximum atomic E-state index is 12.5. The van der Waals surface area contributed by atoms with Gasteiger partial charge in [-0.25, -0.2) is 0 Å². The number of alkyl halides is 3. The average Bonchev–Trinajstić information content (AvgIpc) is 3.06. The zero-order chi connectivity index (χ0) is 19.3. The van der Waals surface area contributed by atoms with E-state index in [1.165, 1.54) is 10.5 Å².